The standard InChI is InChI=1S/C25H24FN9O3/c1-37-21-6-5-19(35-13-28-31-32-35)16(23(21)26)8-27-24(36)18-11-34-20(12-38-25(34)30-18)17-10-33-9-15(14-2-3-14)4-7-22(33)29-17/h4-7,9-11,13-14,16,20,23H,2-3,8,12H2,1H3,(H,27,36). The van der Waals surface area contributed by atoms with Crippen LogP contribution in [0.15, 0.2) is 55.0 Å². The molecule has 0 radical (unpaired) electrons. The van der Waals surface area contributed by atoms with E-state index in [-0.39, 0.29) is 24.0 Å². The van der Waals surface area contributed by atoms with Gasteiger partial charge in [0, 0.05) is 25.1 Å². The molecule has 38 heavy (non-hydrogen) atoms. The minimum absolute atomic E-state index is 0.0192. The first-order valence-corrected chi connectivity index (χ1v) is 12.4. The van der Waals surface area contributed by atoms with Crippen molar-refractivity contribution in [3.63, 3.8) is 0 Å². The van der Waals surface area contributed by atoms with Gasteiger partial charge in [-0.1, -0.05) is 6.07 Å². The van der Waals surface area contributed by atoms with Gasteiger partial charge in [0.15, 0.2) is 6.17 Å². The normalized spacial score (nSPS) is 22.5. The van der Waals surface area contributed by atoms with Crippen LogP contribution >= 0.6 is 0 Å². The highest BCUT2D eigenvalue weighted by Crippen LogP contribution is 2.40. The van der Waals surface area contributed by atoms with E-state index in [9.17, 15) is 4.79 Å². The molecule has 4 aromatic heterocycles. The molecule has 7 rings (SSSR count). The maximum absolute atomic E-state index is 15.2. The van der Waals surface area contributed by atoms with Gasteiger partial charge in [-0.15, -0.1) is 5.10 Å². The number of tetrazole rings is 1. The fourth-order valence-corrected chi connectivity index (χ4v) is 5.06. The fraction of sp³-hybridized carbons (Fsp3) is 0.360. The summed E-state index contributed by atoms with van der Waals surface area (Å²) in [6, 6.07) is 4.31. The highest BCUT2D eigenvalue weighted by atomic mass is 19.1. The number of amides is 1. The Morgan fingerprint density at radius 1 is 1.21 bits per heavy atom. The quantitative estimate of drug-likeness (QED) is 0.395. The summed E-state index contributed by atoms with van der Waals surface area (Å²) in [6.07, 6.45) is 11.4. The summed E-state index contributed by atoms with van der Waals surface area (Å²) in [5.74, 6) is -0.399. The molecule has 1 N–H and O–H groups in total. The van der Waals surface area contributed by atoms with Gasteiger partial charge in [0.25, 0.3) is 11.9 Å². The Balaban J connectivity index is 1.08. The Kier molecular flexibility index (Phi) is 5.23. The monoisotopic (exact) mass is 517 g/mol. The number of fused-ring (bicyclic) bond motifs is 2. The summed E-state index contributed by atoms with van der Waals surface area (Å²) in [5.41, 5.74) is 3.69. The SMILES string of the molecule is COC1=CC=C(n2cnnn2)C(CNC(=O)c2cn3c(n2)OCC3c2cn3cc(C4CC4)ccc3n2)C1F. The second-order valence-electron chi connectivity index (χ2n) is 9.65. The van der Waals surface area contributed by atoms with Gasteiger partial charge in [-0.25, -0.2) is 14.1 Å². The molecule has 3 unspecified atom stereocenters. The van der Waals surface area contributed by atoms with Crippen LogP contribution in [0.5, 0.6) is 6.01 Å². The molecule has 0 aromatic carbocycles. The minimum atomic E-state index is -1.49. The molecule has 1 amide bonds. The maximum Gasteiger partial charge on any atom is 0.297 e. The van der Waals surface area contributed by atoms with Gasteiger partial charge in [-0.2, -0.15) is 4.98 Å². The van der Waals surface area contributed by atoms with Crippen molar-refractivity contribution in [2.75, 3.05) is 20.3 Å². The number of rotatable bonds is 7. The lowest BCUT2D eigenvalue weighted by atomic mass is 9.93. The molecule has 5 heterocycles. The zero-order chi connectivity index (χ0) is 25.8. The molecule has 1 fully saturated rings. The Labute approximate surface area is 215 Å². The Bertz CT molecular complexity index is 1580. The third-order valence-corrected chi connectivity index (χ3v) is 7.27. The Morgan fingerprint density at radius 3 is 2.89 bits per heavy atom. The third-order valence-electron chi connectivity index (χ3n) is 7.27. The molecule has 3 aliphatic rings. The number of halogens is 1. The number of alkyl halides is 1. The summed E-state index contributed by atoms with van der Waals surface area (Å²) >= 11 is 0. The zero-order valence-electron chi connectivity index (χ0n) is 20.4. The average molecular weight is 518 g/mol. The van der Waals surface area contributed by atoms with Crippen LogP contribution in [0.25, 0.3) is 11.3 Å². The van der Waals surface area contributed by atoms with Crippen LogP contribution < -0.4 is 10.1 Å². The highest BCUT2D eigenvalue weighted by molar-refractivity contribution is 5.92. The van der Waals surface area contributed by atoms with Gasteiger partial charge in [0.05, 0.1) is 24.4 Å². The lowest BCUT2D eigenvalue weighted by Crippen LogP contribution is -2.37. The maximum atomic E-state index is 15.2. The first kappa shape index (κ1) is 22.6. The van der Waals surface area contributed by atoms with Gasteiger partial charge >= 0.3 is 0 Å². The van der Waals surface area contributed by atoms with Crippen molar-refractivity contribution in [1.82, 2.24) is 44.5 Å². The van der Waals surface area contributed by atoms with E-state index >= 15 is 4.39 Å². The first-order chi connectivity index (χ1) is 18.6. The van der Waals surface area contributed by atoms with Crippen LogP contribution in [0.3, 0.4) is 0 Å². The lowest BCUT2D eigenvalue weighted by Gasteiger charge is -2.27. The zero-order valence-corrected chi connectivity index (χ0v) is 20.4. The number of carbonyl (C=O) groups is 1. The van der Waals surface area contributed by atoms with Crippen LogP contribution in [0, 0.1) is 5.92 Å². The van der Waals surface area contributed by atoms with Crippen LogP contribution in [0.2, 0.25) is 0 Å². The van der Waals surface area contributed by atoms with Crippen molar-refractivity contribution in [3.8, 4) is 6.01 Å². The summed E-state index contributed by atoms with van der Waals surface area (Å²) in [5, 5.41) is 13.9. The number of hydrogen-bond donors (Lipinski definition) is 1. The molecule has 12 nitrogen and oxygen atoms in total. The average Bonchev–Trinajstić information content (AvgIpc) is 3.29. The van der Waals surface area contributed by atoms with E-state index in [4.69, 9.17) is 14.5 Å². The molecule has 1 aliphatic heterocycles. The summed E-state index contributed by atoms with van der Waals surface area (Å²) in [4.78, 5) is 22.2. The van der Waals surface area contributed by atoms with Gasteiger partial charge in [0.1, 0.15) is 36.1 Å². The molecule has 194 valence electrons. The number of hydrogen-bond acceptors (Lipinski definition) is 8. The van der Waals surface area contributed by atoms with E-state index < -0.39 is 18.0 Å². The number of imidazole rings is 2. The fourth-order valence-electron chi connectivity index (χ4n) is 5.06. The largest absolute Gasteiger partial charge is 0.498 e. The summed E-state index contributed by atoms with van der Waals surface area (Å²) in [6.45, 7) is 0.357. The van der Waals surface area contributed by atoms with Crippen molar-refractivity contribution in [1.29, 1.82) is 0 Å². The van der Waals surface area contributed by atoms with Gasteiger partial charge in [0.2, 0.25) is 0 Å². The molecule has 2 aliphatic carbocycles. The van der Waals surface area contributed by atoms with Gasteiger partial charge < -0.3 is 19.2 Å². The molecule has 0 spiro atoms. The molecule has 4 aromatic rings. The Morgan fingerprint density at radius 2 is 2.11 bits per heavy atom. The van der Waals surface area contributed by atoms with Crippen molar-refractivity contribution in [2.24, 2.45) is 5.92 Å². The van der Waals surface area contributed by atoms with Crippen LogP contribution in [0.1, 0.15) is 46.5 Å². The summed E-state index contributed by atoms with van der Waals surface area (Å²) in [7, 11) is 1.40. The van der Waals surface area contributed by atoms with Crippen molar-refractivity contribution >= 4 is 17.3 Å². The van der Waals surface area contributed by atoms with E-state index in [1.807, 2.05) is 21.2 Å². The number of allylic oxidation sites excluding steroid dienone is 3. The van der Waals surface area contributed by atoms with Crippen LogP contribution in [-0.2, 0) is 4.74 Å². The Hall–Kier alpha value is -4.55. The van der Waals surface area contributed by atoms with Gasteiger partial charge in [-0.05, 0) is 53.0 Å². The van der Waals surface area contributed by atoms with E-state index in [1.54, 1.807) is 12.3 Å². The number of nitrogens with zero attached hydrogens (tertiary/aromatic N) is 8. The van der Waals surface area contributed by atoms with E-state index in [0.717, 1.165) is 11.3 Å². The molecule has 13 heteroatoms. The van der Waals surface area contributed by atoms with Crippen molar-refractivity contribution in [3.05, 3.63) is 71.9 Å². The second-order valence-corrected chi connectivity index (χ2v) is 9.65. The molecule has 0 bridgehead atoms. The van der Waals surface area contributed by atoms with Crippen LogP contribution in [-0.4, -0.2) is 71.5 Å². The molecule has 0 saturated heterocycles. The molecular weight excluding hydrogens is 493 g/mol. The lowest BCUT2D eigenvalue weighted by molar-refractivity contribution is 0.0934. The van der Waals surface area contributed by atoms with Gasteiger partial charge in [-0.3, -0.25) is 9.36 Å². The van der Waals surface area contributed by atoms with E-state index in [1.165, 1.54) is 42.6 Å². The number of methoxy groups -OCH3 is 1. The second kappa shape index (κ2) is 8.78. The topological polar surface area (TPSA) is 126 Å². The number of pyridine rings is 1. The van der Waals surface area contributed by atoms with E-state index in [0.29, 0.717) is 24.2 Å². The first-order valence-electron chi connectivity index (χ1n) is 12.4. The number of aromatic nitrogens is 8. The van der Waals surface area contributed by atoms with E-state index in [2.05, 4.69) is 38.1 Å². The number of ether oxygens (including phenoxy) is 2. The third kappa shape index (κ3) is 3.81. The van der Waals surface area contributed by atoms with Crippen molar-refractivity contribution in [2.45, 2.75) is 31.0 Å². The van der Waals surface area contributed by atoms with Crippen molar-refractivity contribution < 1.29 is 18.7 Å². The predicted molar refractivity (Wildman–Crippen MR) is 131 cm³/mol. The highest BCUT2D eigenvalue weighted by Gasteiger charge is 2.35. The molecule has 3 atom stereocenters. The number of nitrogens with one attached hydrogen (secondary N) is 1. The molecule has 1 saturated carbocycles. The molecular formula is C25H24FN9O3. The predicted octanol–water partition coefficient (Wildman–Crippen LogP) is 2.15. The minimum Gasteiger partial charge on any atom is -0.498 e. The number of carbonyl (C=O) groups excluding carboxylic acids is 1. The van der Waals surface area contributed by atoms with Crippen LogP contribution in [0.4, 0.5) is 4.39 Å². The smallest absolute Gasteiger partial charge is 0.297 e. The summed E-state index contributed by atoms with van der Waals surface area (Å²) < 4.78 is 31.4.